The summed E-state index contributed by atoms with van der Waals surface area (Å²) in [6.45, 7) is 7.53. The van der Waals surface area contributed by atoms with Crippen LogP contribution in [-0.2, 0) is 4.74 Å². The van der Waals surface area contributed by atoms with Gasteiger partial charge in [-0.3, -0.25) is 5.10 Å². The lowest BCUT2D eigenvalue weighted by molar-refractivity contribution is -0.00521. The molecule has 0 radical (unpaired) electrons. The normalized spacial score (nSPS) is 20.4. The number of hydrogen-bond acceptors (Lipinski definition) is 5. The number of aliphatic imine (C=N–C) groups is 1. The van der Waals surface area contributed by atoms with Gasteiger partial charge in [0.25, 0.3) is 0 Å². The number of amidine groups is 1. The number of nitrogens with one attached hydrogen (secondary N) is 2. The average Bonchev–Trinajstić information content (AvgIpc) is 2.99. The molecule has 3 aromatic rings. The van der Waals surface area contributed by atoms with E-state index in [1.165, 1.54) is 18.2 Å². The molecule has 2 aliphatic heterocycles. The van der Waals surface area contributed by atoms with Crippen molar-refractivity contribution in [2.24, 2.45) is 4.99 Å². The summed E-state index contributed by atoms with van der Waals surface area (Å²) in [7, 11) is 0. The highest BCUT2D eigenvalue weighted by Gasteiger charge is 2.27. The number of aryl methyl sites for hydroxylation is 1. The van der Waals surface area contributed by atoms with Crippen molar-refractivity contribution in [2.45, 2.75) is 33.0 Å². The van der Waals surface area contributed by atoms with E-state index in [4.69, 9.17) is 4.74 Å². The summed E-state index contributed by atoms with van der Waals surface area (Å²) >= 11 is 0. The molecule has 2 aromatic carbocycles. The van der Waals surface area contributed by atoms with Gasteiger partial charge in [-0.1, -0.05) is 6.07 Å². The van der Waals surface area contributed by atoms with Crippen LogP contribution in [0.15, 0.2) is 41.4 Å². The van der Waals surface area contributed by atoms with Gasteiger partial charge >= 0.3 is 0 Å². The number of aromatic nitrogens is 2. The molecule has 0 unspecified atom stereocenters. The minimum absolute atomic E-state index is 0.112. The summed E-state index contributed by atoms with van der Waals surface area (Å²) < 4.78 is 34.9. The first-order chi connectivity index (χ1) is 14.9. The molecule has 160 valence electrons. The second-order valence-electron chi connectivity index (χ2n) is 8.12. The second kappa shape index (κ2) is 7.46. The van der Waals surface area contributed by atoms with Gasteiger partial charge in [-0.25, -0.2) is 13.8 Å². The highest BCUT2D eigenvalue weighted by molar-refractivity contribution is 6.13. The van der Waals surface area contributed by atoms with Crippen molar-refractivity contribution in [1.29, 1.82) is 0 Å². The van der Waals surface area contributed by atoms with E-state index in [2.05, 4.69) is 39.3 Å². The Labute approximate surface area is 179 Å². The molecule has 31 heavy (non-hydrogen) atoms. The molecule has 1 fully saturated rings. The van der Waals surface area contributed by atoms with E-state index >= 15 is 0 Å². The van der Waals surface area contributed by atoms with Crippen molar-refractivity contribution in [2.75, 3.05) is 23.3 Å². The van der Waals surface area contributed by atoms with Crippen LogP contribution in [0.2, 0.25) is 0 Å². The van der Waals surface area contributed by atoms with Gasteiger partial charge in [-0.2, -0.15) is 5.10 Å². The van der Waals surface area contributed by atoms with Crippen LogP contribution in [0.1, 0.15) is 25.1 Å². The van der Waals surface area contributed by atoms with Crippen molar-refractivity contribution >= 4 is 22.9 Å². The summed E-state index contributed by atoms with van der Waals surface area (Å²) in [5.74, 6) is -1.24. The number of benzene rings is 2. The molecular weight excluding hydrogens is 400 g/mol. The Kier molecular flexibility index (Phi) is 4.74. The first-order valence-corrected chi connectivity index (χ1v) is 10.3. The molecule has 8 heteroatoms. The average molecular weight is 423 g/mol. The van der Waals surface area contributed by atoms with Gasteiger partial charge in [-0.15, -0.1) is 0 Å². The maximum absolute atomic E-state index is 14.5. The highest BCUT2D eigenvalue weighted by atomic mass is 19.1. The molecule has 0 bridgehead atoms. The molecule has 1 aromatic heterocycles. The third kappa shape index (κ3) is 3.46. The Morgan fingerprint density at radius 1 is 1.06 bits per heavy atom. The lowest BCUT2D eigenvalue weighted by atomic mass is 10.1. The lowest BCUT2D eigenvalue weighted by Crippen LogP contribution is -2.45. The molecule has 2 aliphatic rings. The number of morpholine rings is 1. The van der Waals surface area contributed by atoms with Gasteiger partial charge in [0, 0.05) is 30.0 Å². The van der Waals surface area contributed by atoms with Crippen LogP contribution in [0.25, 0.3) is 11.3 Å². The molecular formula is C23H23F2N5O. The van der Waals surface area contributed by atoms with Crippen LogP contribution in [0.4, 0.5) is 25.8 Å². The van der Waals surface area contributed by atoms with Crippen molar-refractivity contribution in [3.8, 4) is 11.3 Å². The maximum atomic E-state index is 14.5. The van der Waals surface area contributed by atoms with Crippen LogP contribution in [-0.4, -0.2) is 41.3 Å². The fourth-order valence-electron chi connectivity index (χ4n) is 4.28. The quantitative estimate of drug-likeness (QED) is 0.623. The molecule has 0 amide bonds. The van der Waals surface area contributed by atoms with Crippen molar-refractivity contribution in [1.82, 2.24) is 10.2 Å². The molecule has 0 saturated carbocycles. The molecule has 0 aliphatic carbocycles. The van der Waals surface area contributed by atoms with Gasteiger partial charge in [0.2, 0.25) is 0 Å². The molecule has 2 atom stereocenters. The molecule has 1 saturated heterocycles. The number of hydrogen-bond donors (Lipinski definition) is 2. The number of ether oxygens (including phenoxy) is 1. The predicted molar refractivity (Wildman–Crippen MR) is 117 cm³/mol. The van der Waals surface area contributed by atoms with E-state index in [0.717, 1.165) is 30.0 Å². The standard InChI is InChI=1S/C23H23F2N5O/c1-12-10-30(11-13(2)31-12)15-7-8-19-16(9-15)22-21(14(3)28-29-22)27-23(26-19)20-17(24)5-4-6-18(20)25/h4-9,12-13H,10-11H2,1-3H3,(H,26,27)(H,28,29)/t12-,13-/m0/s1. The first-order valence-electron chi connectivity index (χ1n) is 10.3. The van der Waals surface area contributed by atoms with Crippen molar-refractivity contribution < 1.29 is 13.5 Å². The number of H-pyrrole nitrogens is 1. The second-order valence-corrected chi connectivity index (χ2v) is 8.12. The van der Waals surface area contributed by atoms with Gasteiger partial charge in [-0.05, 0) is 51.1 Å². The zero-order valence-corrected chi connectivity index (χ0v) is 17.5. The fourth-order valence-corrected chi connectivity index (χ4v) is 4.28. The SMILES string of the molecule is Cc1[nH]nc2c1N=C(c1c(F)cccc1F)Nc1ccc(N3C[C@H](C)O[C@@H](C)C3)cc1-2. The summed E-state index contributed by atoms with van der Waals surface area (Å²) in [6.07, 6.45) is 0.255. The van der Waals surface area contributed by atoms with E-state index in [-0.39, 0.29) is 23.6 Å². The largest absolute Gasteiger partial charge is 0.372 e. The lowest BCUT2D eigenvalue weighted by Gasteiger charge is -2.37. The molecule has 3 heterocycles. The van der Waals surface area contributed by atoms with Gasteiger partial charge in [0.15, 0.2) is 0 Å². The smallest absolute Gasteiger partial charge is 0.144 e. The van der Waals surface area contributed by atoms with E-state index in [1.54, 1.807) is 0 Å². The Morgan fingerprint density at radius 2 is 1.77 bits per heavy atom. The van der Waals surface area contributed by atoms with Crippen LogP contribution in [0.5, 0.6) is 0 Å². The Balaban J connectivity index is 1.63. The maximum Gasteiger partial charge on any atom is 0.144 e. The van der Waals surface area contributed by atoms with Gasteiger partial charge < -0.3 is 15.0 Å². The van der Waals surface area contributed by atoms with Crippen LogP contribution in [0.3, 0.4) is 0 Å². The minimum Gasteiger partial charge on any atom is -0.372 e. The minimum atomic E-state index is -0.676. The van der Waals surface area contributed by atoms with E-state index in [1.807, 2.05) is 25.1 Å². The van der Waals surface area contributed by atoms with Crippen LogP contribution < -0.4 is 10.2 Å². The summed E-state index contributed by atoms with van der Waals surface area (Å²) in [5.41, 5.74) is 4.27. The summed E-state index contributed by atoms with van der Waals surface area (Å²) in [6, 6.07) is 9.73. The number of anilines is 2. The fraction of sp³-hybridized carbons (Fsp3) is 0.304. The summed E-state index contributed by atoms with van der Waals surface area (Å²) in [5, 5.41) is 10.5. The number of fused-ring (bicyclic) bond motifs is 3. The zero-order valence-electron chi connectivity index (χ0n) is 17.5. The monoisotopic (exact) mass is 423 g/mol. The molecule has 0 spiro atoms. The van der Waals surface area contributed by atoms with Crippen LogP contribution >= 0.6 is 0 Å². The van der Waals surface area contributed by atoms with Crippen molar-refractivity contribution in [3.05, 3.63) is 59.3 Å². The predicted octanol–water partition coefficient (Wildman–Crippen LogP) is 4.78. The van der Waals surface area contributed by atoms with E-state index in [0.29, 0.717) is 17.1 Å². The summed E-state index contributed by atoms with van der Waals surface area (Å²) in [4.78, 5) is 6.85. The van der Waals surface area contributed by atoms with Gasteiger partial charge in [0.05, 0.1) is 23.5 Å². The molecule has 2 N–H and O–H groups in total. The van der Waals surface area contributed by atoms with Crippen molar-refractivity contribution in [3.63, 3.8) is 0 Å². The first kappa shape index (κ1) is 19.7. The van der Waals surface area contributed by atoms with Crippen LogP contribution in [0, 0.1) is 18.6 Å². The molecule has 6 nitrogen and oxygen atoms in total. The van der Waals surface area contributed by atoms with Gasteiger partial charge in [0.1, 0.15) is 28.9 Å². The van der Waals surface area contributed by atoms with E-state index < -0.39 is 11.6 Å². The Morgan fingerprint density at radius 3 is 2.48 bits per heavy atom. The third-order valence-corrected chi connectivity index (χ3v) is 5.63. The number of rotatable bonds is 2. The number of nitrogens with zero attached hydrogens (tertiary/aromatic N) is 3. The zero-order chi connectivity index (χ0) is 21.7. The topological polar surface area (TPSA) is 65.5 Å². The number of halogens is 2. The number of aromatic amines is 1. The highest BCUT2D eigenvalue weighted by Crippen LogP contribution is 2.41. The Bertz CT molecular complexity index is 1160. The van der Waals surface area contributed by atoms with E-state index in [9.17, 15) is 8.78 Å². The Hall–Kier alpha value is -3.26. The molecule has 5 rings (SSSR count). The third-order valence-electron chi connectivity index (χ3n) is 5.63.